The molecule has 0 bridgehead atoms. The molecule has 0 aromatic rings. The van der Waals surface area contributed by atoms with E-state index in [0.717, 1.165) is 19.4 Å². The molecular weight excluding hydrogens is 202 g/mol. The van der Waals surface area contributed by atoms with E-state index in [1.165, 1.54) is 0 Å². The molecule has 16 heavy (non-hydrogen) atoms. The predicted octanol–water partition coefficient (Wildman–Crippen LogP) is 0.818. The SMILES string of the molecule is CCC[C@@H](N)C(=O)NCC(C)(C)CN(C)C. The average Bonchev–Trinajstić information content (AvgIpc) is 2.12. The first-order valence-corrected chi connectivity index (χ1v) is 5.96. The van der Waals surface area contributed by atoms with Crippen molar-refractivity contribution in [1.82, 2.24) is 10.2 Å². The van der Waals surface area contributed by atoms with Crippen molar-refractivity contribution in [1.29, 1.82) is 0 Å². The van der Waals surface area contributed by atoms with Crippen LogP contribution < -0.4 is 11.1 Å². The summed E-state index contributed by atoms with van der Waals surface area (Å²) in [5.74, 6) is -0.0336. The number of nitrogens with zero attached hydrogens (tertiary/aromatic N) is 1. The molecule has 1 amide bonds. The molecule has 0 unspecified atom stereocenters. The Labute approximate surface area is 99.6 Å². The van der Waals surface area contributed by atoms with E-state index in [2.05, 4.69) is 24.1 Å². The Balaban J connectivity index is 3.99. The average molecular weight is 229 g/mol. The minimum Gasteiger partial charge on any atom is -0.354 e. The van der Waals surface area contributed by atoms with Crippen molar-refractivity contribution in [3.05, 3.63) is 0 Å². The maximum atomic E-state index is 11.6. The molecule has 4 nitrogen and oxygen atoms in total. The van der Waals surface area contributed by atoms with Crippen LogP contribution in [0.1, 0.15) is 33.6 Å². The highest BCUT2D eigenvalue weighted by atomic mass is 16.2. The third-order valence-corrected chi connectivity index (χ3v) is 2.42. The molecule has 1 atom stereocenters. The summed E-state index contributed by atoms with van der Waals surface area (Å²) in [5, 5.41) is 2.92. The normalized spacial score (nSPS) is 13.9. The van der Waals surface area contributed by atoms with Gasteiger partial charge in [0.25, 0.3) is 0 Å². The second-order valence-corrected chi connectivity index (χ2v) is 5.51. The molecule has 4 heteroatoms. The van der Waals surface area contributed by atoms with Gasteiger partial charge in [-0.15, -0.1) is 0 Å². The molecule has 0 radical (unpaired) electrons. The van der Waals surface area contributed by atoms with Crippen LogP contribution in [0.15, 0.2) is 0 Å². The Bertz CT molecular complexity index is 214. The number of hydrogen-bond donors (Lipinski definition) is 2. The van der Waals surface area contributed by atoms with Gasteiger partial charge in [0, 0.05) is 13.1 Å². The zero-order valence-corrected chi connectivity index (χ0v) is 11.3. The molecule has 0 aromatic heterocycles. The number of amides is 1. The first-order valence-electron chi connectivity index (χ1n) is 5.96. The summed E-state index contributed by atoms with van der Waals surface area (Å²) < 4.78 is 0. The molecule has 0 spiro atoms. The van der Waals surface area contributed by atoms with Crippen LogP contribution in [0.25, 0.3) is 0 Å². The summed E-state index contributed by atoms with van der Waals surface area (Å²) in [6.07, 6.45) is 1.69. The fourth-order valence-corrected chi connectivity index (χ4v) is 1.81. The summed E-state index contributed by atoms with van der Waals surface area (Å²) in [4.78, 5) is 13.7. The van der Waals surface area contributed by atoms with Crippen LogP contribution in [0.3, 0.4) is 0 Å². The van der Waals surface area contributed by atoms with E-state index < -0.39 is 0 Å². The summed E-state index contributed by atoms with van der Waals surface area (Å²) in [7, 11) is 4.07. The van der Waals surface area contributed by atoms with Crippen molar-refractivity contribution >= 4 is 5.91 Å². The van der Waals surface area contributed by atoms with Gasteiger partial charge in [-0.3, -0.25) is 4.79 Å². The van der Waals surface area contributed by atoms with Gasteiger partial charge in [0.1, 0.15) is 0 Å². The zero-order chi connectivity index (χ0) is 12.8. The van der Waals surface area contributed by atoms with E-state index in [0.29, 0.717) is 6.54 Å². The van der Waals surface area contributed by atoms with E-state index >= 15 is 0 Å². The molecule has 3 N–H and O–H groups in total. The van der Waals surface area contributed by atoms with E-state index in [1.807, 2.05) is 21.0 Å². The lowest BCUT2D eigenvalue weighted by molar-refractivity contribution is -0.123. The summed E-state index contributed by atoms with van der Waals surface area (Å²) in [6, 6.07) is -0.361. The Morgan fingerprint density at radius 3 is 2.44 bits per heavy atom. The molecule has 0 saturated carbocycles. The van der Waals surface area contributed by atoms with Gasteiger partial charge in [0.2, 0.25) is 5.91 Å². The molecule has 0 fully saturated rings. The summed E-state index contributed by atoms with van der Waals surface area (Å²) in [6.45, 7) is 7.91. The van der Waals surface area contributed by atoms with Crippen molar-refractivity contribution in [3.8, 4) is 0 Å². The van der Waals surface area contributed by atoms with Crippen molar-refractivity contribution in [2.75, 3.05) is 27.2 Å². The van der Waals surface area contributed by atoms with Crippen LogP contribution in [0.5, 0.6) is 0 Å². The quantitative estimate of drug-likeness (QED) is 0.679. The lowest BCUT2D eigenvalue weighted by atomic mass is 9.93. The van der Waals surface area contributed by atoms with Crippen LogP contribution in [0, 0.1) is 5.41 Å². The van der Waals surface area contributed by atoms with Crippen LogP contribution in [0.4, 0.5) is 0 Å². The maximum absolute atomic E-state index is 11.6. The van der Waals surface area contributed by atoms with Gasteiger partial charge >= 0.3 is 0 Å². The van der Waals surface area contributed by atoms with Crippen LogP contribution >= 0.6 is 0 Å². The van der Waals surface area contributed by atoms with E-state index in [-0.39, 0.29) is 17.4 Å². The Hall–Kier alpha value is -0.610. The van der Waals surface area contributed by atoms with Crippen molar-refractivity contribution in [3.63, 3.8) is 0 Å². The van der Waals surface area contributed by atoms with Crippen LogP contribution in [0.2, 0.25) is 0 Å². The fraction of sp³-hybridized carbons (Fsp3) is 0.917. The lowest BCUT2D eigenvalue weighted by Crippen LogP contribution is -2.46. The van der Waals surface area contributed by atoms with Gasteiger partial charge in [-0.1, -0.05) is 27.2 Å². The molecular formula is C12H27N3O. The monoisotopic (exact) mass is 229 g/mol. The standard InChI is InChI=1S/C12H27N3O/c1-6-7-10(13)11(16)14-8-12(2,3)9-15(4)5/h10H,6-9,13H2,1-5H3,(H,14,16)/t10-/m1/s1. The second kappa shape index (κ2) is 6.86. The molecule has 0 heterocycles. The molecule has 0 aliphatic carbocycles. The topological polar surface area (TPSA) is 58.4 Å². The number of carbonyl (C=O) groups is 1. The third kappa shape index (κ3) is 6.80. The minimum atomic E-state index is -0.361. The van der Waals surface area contributed by atoms with Crippen LogP contribution in [-0.4, -0.2) is 44.0 Å². The van der Waals surface area contributed by atoms with Gasteiger partial charge in [0.05, 0.1) is 6.04 Å². The van der Waals surface area contributed by atoms with Crippen molar-refractivity contribution in [2.45, 2.75) is 39.7 Å². The Morgan fingerprint density at radius 2 is 2.00 bits per heavy atom. The van der Waals surface area contributed by atoms with Gasteiger partial charge in [-0.25, -0.2) is 0 Å². The predicted molar refractivity (Wildman–Crippen MR) is 68.2 cm³/mol. The highest BCUT2D eigenvalue weighted by molar-refractivity contribution is 5.81. The summed E-state index contributed by atoms with van der Waals surface area (Å²) >= 11 is 0. The minimum absolute atomic E-state index is 0.0336. The number of carbonyl (C=O) groups excluding carboxylic acids is 1. The molecule has 0 saturated heterocycles. The molecule has 0 aliphatic rings. The smallest absolute Gasteiger partial charge is 0.236 e. The number of nitrogens with two attached hydrogens (primary N) is 1. The fourth-order valence-electron chi connectivity index (χ4n) is 1.81. The maximum Gasteiger partial charge on any atom is 0.236 e. The Kier molecular flexibility index (Phi) is 6.60. The van der Waals surface area contributed by atoms with Gasteiger partial charge in [-0.2, -0.15) is 0 Å². The molecule has 0 aromatic carbocycles. The largest absolute Gasteiger partial charge is 0.354 e. The van der Waals surface area contributed by atoms with E-state index in [9.17, 15) is 4.79 Å². The van der Waals surface area contributed by atoms with Crippen LogP contribution in [-0.2, 0) is 4.79 Å². The summed E-state index contributed by atoms with van der Waals surface area (Å²) in [5.41, 5.74) is 5.81. The van der Waals surface area contributed by atoms with Crippen molar-refractivity contribution < 1.29 is 4.79 Å². The third-order valence-electron chi connectivity index (χ3n) is 2.42. The first kappa shape index (κ1) is 15.4. The Morgan fingerprint density at radius 1 is 1.44 bits per heavy atom. The lowest BCUT2D eigenvalue weighted by Gasteiger charge is -2.28. The van der Waals surface area contributed by atoms with Gasteiger partial charge < -0.3 is 16.0 Å². The zero-order valence-electron chi connectivity index (χ0n) is 11.3. The van der Waals surface area contributed by atoms with E-state index in [1.54, 1.807) is 0 Å². The molecule has 0 aliphatic heterocycles. The highest BCUT2D eigenvalue weighted by Gasteiger charge is 2.21. The first-order chi connectivity index (χ1) is 7.28. The highest BCUT2D eigenvalue weighted by Crippen LogP contribution is 2.14. The number of hydrogen-bond acceptors (Lipinski definition) is 3. The molecule has 96 valence electrons. The number of nitrogens with one attached hydrogen (secondary N) is 1. The second-order valence-electron chi connectivity index (χ2n) is 5.51. The van der Waals surface area contributed by atoms with Gasteiger partial charge in [0.15, 0.2) is 0 Å². The number of rotatable bonds is 7. The van der Waals surface area contributed by atoms with E-state index in [4.69, 9.17) is 5.73 Å². The van der Waals surface area contributed by atoms with Gasteiger partial charge in [-0.05, 0) is 25.9 Å². The molecule has 0 rings (SSSR count). The van der Waals surface area contributed by atoms with Crippen molar-refractivity contribution in [2.24, 2.45) is 11.1 Å².